The SMILES string of the molecule is CC1(C)CCCC2(CS)CCC12. The summed E-state index contributed by atoms with van der Waals surface area (Å²) in [5, 5.41) is 0. The van der Waals surface area contributed by atoms with E-state index in [1.165, 1.54) is 32.1 Å². The number of fused-ring (bicyclic) bond motifs is 1. The molecule has 0 N–H and O–H groups in total. The topological polar surface area (TPSA) is 0 Å². The van der Waals surface area contributed by atoms with Gasteiger partial charge in [0.15, 0.2) is 0 Å². The first kappa shape index (κ1) is 8.93. The van der Waals surface area contributed by atoms with Crippen molar-refractivity contribution < 1.29 is 0 Å². The van der Waals surface area contributed by atoms with Gasteiger partial charge < -0.3 is 0 Å². The molecule has 0 heterocycles. The van der Waals surface area contributed by atoms with Crippen molar-refractivity contribution in [3.63, 3.8) is 0 Å². The highest BCUT2D eigenvalue weighted by atomic mass is 32.1. The first-order valence-electron chi connectivity index (χ1n) is 5.22. The van der Waals surface area contributed by atoms with E-state index >= 15 is 0 Å². The lowest BCUT2D eigenvalue weighted by atomic mass is 9.46. The number of hydrogen-bond acceptors (Lipinski definition) is 1. The maximum atomic E-state index is 4.54. The van der Waals surface area contributed by atoms with Crippen LogP contribution < -0.4 is 0 Å². The Balaban J connectivity index is 2.18. The van der Waals surface area contributed by atoms with Crippen LogP contribution in [0.15, 0.2) is 0 Å². The van der Waals surface area contributed by atoms with Crippen molar-refractivity contribution in [2.24, 2.45) is 16.7 Å². The minimum atomic E-state index is 0.610. The van der Waals surface area contributed by atoms with E-state index in [-0.39, 0.29) is 0 Å². The summed E-state index contributed by atoms with van der Waals surface area (Å²) in [7, 11) is 0. The van der Waals surface area contributed by atoms with Crippen LogP contribution in [0, 0.1) is 16.7 Å². The quantitative estimate of drug-likeness (QED) is 0.592. The van der Waals surface area contributed by atoms with E-state index in [1.54, 1.807) is 0 Å². The third kappa shape index (κ3) is 1.05. The fourth-order valence-corrected chi connectivity index (χ4v) is 4.09. The van der Waals surface area contributed by atoms with Crippen molar-refractivity contribution in [1.29, 1.82) is 0 Å². The van der Waals surface area contributed by atoms with Crippen molar-refractivity contribution in [2.75, 3.05) is 5.75 Å². The molecule has 0 nitrogen and oxygen atoms in total. The lowest BCUT2D eigenvalue weighted by Gasteiger charge is -2.60. The van der Waals surface area contributed by atoms with Gasteiger partial charge in [-0.05, 0) is 48.2 Å². The van der Waals surface area contributed by atoms with Gasteiger partial charge in [0.25, 0.3) is 0 Å². The third-order valence-corrected chi connectivity index (χ3v) is 5.05. The zero-order valence-electron chi connectivity index (χ0n) is 8.27. The number of hydrogen-bond donors (Lipinski definition) is 1. The van der Waals surface area contributed by atoms with Crippen LogP contribution in [-0.2, 0) is 0 Å². The van der Waals surface area contributed by atoms with Crippen LogP contribution in [0.1, 0.15) is 46.0 Å². The molecule has 0 aromatic heterocycles. The summed E-state index contributed by atoms with van der Waals surface area (Å²) in [6.07, 6.45) is 7.24. The van der Waals surface area contributed by atoms with Crippen LogP contribution in [0.2, 0.25) is 0 Å². The maximum Gasteiger partial charge on any atom is -0.00383 e. The number of rotatable bonds is 1. The van der Waals surface area contributed by atoms with Crippen molar-refractivity contribution in [2.45, 2.75) is 46.0 Å². The summed E-state index contributed by atoms with van der Waals surface area (Å²) in [5.74, 6) is 2.11. The van der Waals surface area contributed by atoms with E-state index in [2.05, 4.69) is 26.5 Å². The largest absolute Gasteiger partial charge is 0.179 e. The van der Waals surface area contributed by atoms with Crippen LogP contribution in [0.4, 0.5) is 0 Å². The smallest absolute Gasteiger partial charge is 0.00383 e. The Bertz CT molecular complexity index is 181. The molecule has 0 aromatic rings. The average molecular weight is 184 g/mol. The van der Waals surface area contributed by atoms with E-state index in [0.29, 0.717) is 10.8 Å². The lowest BCUT2D eigenvalue weighted by Crippen LogP contribution is -2.52. The van der Waals surface area contributed by atoms with Gasteiger partial charge in [-0.1, -0.05) is 20.3 Å². The minimum absolute atomic E-state index is 0.610. The summed E-state index contributed by atoms with van der Waals surface area (Å²) in [6.45, 7) is 4.91. The van der Waals surface area contributed by atoms with Crippen molar-refractivity contribution in [1.82, 2.24) is 0 Å². The Labute approximate surface area is 81.5 Å². The van der Waals surface area contributed by atoms with E-state index in [9.17, 15) is 0 Å². The van der Waals surface area contributed by atoms with Gasteiger partial charge in [0.1, 0.15) is 0 Å². The van der Waals surface area contributed by atoms with E-state index in [0.717, 1.165) is 11.7 Å². The van der Waals surface area contributed by atoms with Gasteiger partial charge >= 0.3 is 0 Å². The van der Waals surface area contributed by atoms with Crippen molar-refractivity contribution in [3.8, 4) is 0 Å². The van der Waals surface area contributed by atoms with Crippen LogP contribution >= 0.6 is 12.6 Å². The lowest BCUT2D eigenvalue weighted by molar-refractivity contribution is -0.0788. The highest BCUT2D eigenvalue weighted by Crippen LogP contribution is 2.62. The van der Waals surface area contributed by atoms with E-state index in [1.807, 2.05) is 0 Å². The van der Waals surface area contributed by atoms with E-state index < -0.39 is 0 Å². The second-order valence-corrected chi connectivity index (χ2v) is 5.77. The molecule has 0 spiro atoms. The van der Waals surface area contributed by atoms with Gasteiger partial charge in [0, 0.05) is 0 Å². The molecule has 0 saturated heterocycles. The second-order valence-electron chi connectivity index (χ2n) is 5.45. The zero-order chi connectivity index (χ0) is 8.82. The Morgan fingerprint density at radius 3 is 2.42 bits per heavy atom. The Morgan fingerprint density at radius 1 is 1.25 bits per heavy atom. The minimum Gasteiger partial charge on any atom is -0.179 e. The molecule has 2 fully saturated rings. The van der Waals surface area contributed by atoms with Crippen LogP contribution in [0.25, 0.3) is 0 Å². The monoisotopic (exact) mass is 184 g/mol. The molecule has 70 valence electrons. The highest BCUT2D eigenvalue weighted by Gasteiger charge is 2.53. The molecule has 0 aliphatic heterocycles. The Hall–Kier alpha value is 0.350. The van der Waals surface area contributed by atoms with E-state index in [4.69, 9.17) is 0 Å². The zero-order valence-corrected chi connectivity index (χ0v) is 9.16. The maximum absolute atomic E-state index is 4.54. The predicted molar refractivity (Wildman–Crippen MR) is 56.6 cm³/mol. The highest BCUT2D eigenvalue weighted by molar-refractivity contribution is 7.80. The molecule has 0 bridgehead atoms. The Kier molecular flexibility index (Phi) is 1.98. The molecule has 0 amide bonds. The molecule has 0 radical (unpaired) electrons. The van der Waals surface area contributed by atoms with Gasteiger partial charge in [-0.2, -0.15) is 12.6 Å². The van der Waals surface area contributed by atoms with Crippen molar-refractivity contribution >= 4 is 12.6 Å². The van der Waals surface area contributed by atoms with Crippen LogP contribution in [-0.4, -0.2) is 5.75 Å². The van der Waals surface area contributed by atoms with Gasteiger partial charge in [0.05, 0.1) is 0 Å². The second kappa shape index (κ2) is 2.67. The number of thiol groups is 1. The molecule has 2 rings (SSSR count). The molecule has 2 saturated carbocycles. The fourth-order valence-electron chi connectivity index (χ4n) is 3.55. The summed E-state index contributed by atoms with van der Waals surface area (Å²) < 4.78 is 0. The summed E-state index contributed by atoms with van der Waals surface area (Å²) in [6, 6.07) is 0. The molecular formula is C11H20S. The molecule has 2 unspecified atom stereocenters. The fraction of sp³-hybridized carbons (Fsp3) is 1.00. The summed E-state index contributed by atoms with van der Waals surface area (Å²) >= 11 is 4.54. The molecular weight excluding hydrogens is 164 g/mol. The molecule has 2 atom stereocenters. The standard InChI is InChI=1S/C11H20S/c1-10(2)5-3-6-11(8-12)7-4-9(10)11/h9,12H,3-8H2,1-2H3. The van der Waals surface area contributed by atoms with Crippen LogP contribution in [0.3, 0.4) is 0 Å². The normalized spacial score (nSPS) is 44.8. The van der Waals surface area contributed by atoms with Crippen molar-refractivity contribution in [3.05, 3.63) is 0 Å². The first-order valence-corrected chi connectivity index (χ1v) is 5.85. The van der Waals surface area contributed by atoms with Gasteiger partial charge in [-0.3, -0.25) is 0 Å². The summed E-state index contributed by atoms with van der Waals surface area (Å²) in [4.78, 5) is 0. The first-order chi connectivity index (χ1) is 5.61. The van der Waals surface area contributed by atoms with Gasteiger partial charge in [-0.25, -0.2) is 0 Å². The molecule has 12 heavy (non-hydrogen) atoms. The Morgan fingerprint density at radius 2 is 2.00 bits per heavy atom. The van der Waals surface area contributed by atoms with Crippen LogP contribution in [0.5, 0.6) is 0 Å². The molecule has 0 aromatic carbocycles. The molecule has 1 heteroatoms. The molecule has 2 aliphatic carbocycles. The average Bonchev–Trinajstić information content (AvgIpc) is 1.92. The molecule has 2 aliphatic rings. The summed E-state index contributed by atoms with van der Waals surface area (Å²) in [5.41, 5.74) is 1.27. The third-order valence-electron chi connectivity index (χ3n) is 4.42. The predicted octanol–water partition coefficient (Wildman–Crippen LogP) is 3.52. The van der Waals surface area contributed by atoms with Gasteiger partial charge in [-0.15, -0.1) is 0 Å². The van der Waals surface area contributed by atoms with Gasteiger partial charge in [0.2, 0.25) is 0 Å².